The van der Waals surface area contributed by atoms with E-state index in [9.17, 15) is 0 Å². The zero-order chi connectivity index (χ0) is 11.9. The predicted octanol–water partition coefficient (Wildman–Crippen LogP) is 2.82. The van der Waals surface area contributed by atoms with Crippen LogP contribution in [-0.2, 0) is 6.54 Å². The molecule has 0 radical (unpaired) electrons. The highest BCUT2D eigenvalue weighted by Gasteiger charge is 2.00. The highest BCUT2D eigenvalue weighted by molar-refractivity contribution is 5.42. The predicted molar refractivity (Wildman–Crippen MR) is 70.0 cm³/mol. The molecule has 0 unspecified atom stereocenters. The van der Waals surface area contributed by atoms with E-state index in [1.807, 2.05) is 24.3 Å². The Bertz CT molecular complexity index is 411. The van der Waals surface area contributed by atoms with E-state index in [0.717, 1.165) is 19.6 Å². The summed E-state index contributed by atoms with van der Waals surface area (Å²) in [6.45, 7) is 2.87. The first kappa shape index (κ1) is 11.7. The van der Waals surface area contributed by atoms with E-state index in [1.54, 1.807) is 12.5 Å². The lowest BCUT2D eigenvalue weighted by Gasteiger charge is -2.16. The SMILES string of the molecule is CN(CCNc1ccccc1)Cc1ccoc1. The summed E-state index contributed by atoms with van der Waals surface area (Å²) in [5.41, 5.74) is 2.39. The Balaban J connectivity index is 1.68. The van der Waals surface area contributed by atoms with Crippen molar-refractivity contribution in [1.29, 1.82) is 0 Å². The van der Waals surface area contributed by atoms with Gasteiger partial charge in [0.15, 0.2) is 0 Å². The Hall–Kier alpha value is -1.74. The number of benzene rings is 1. The van der Waals surface area contributed by atoms with Gasteiger partial charge in [0.2, 0.25) is 0 Å². The average Bonchev–Trinajstić information content (AvgIpc) is 2.83. The maximum absolute atomic E-state index is 5.05. The standard InChI is InChI=1S/C14H18N2O/c1-16(11-13-7-10-17-12-13)9-8-15-14-5-3-2-4-6-14/h2-7,10,12,15H,8-9,11H2,1H3. The summed E-state index contributed by atoms with van der Waals surface area (Å²) in [7, 11) is 2.11. The van der Waals surface area contributed by atoms with Crippen LogP contribution in [-0.4, -0.2) is 25.0 Å². The molecule has 90 valence electrons. The fourth-order valence-corrected chi connectivity index (χ4v) is 1.72. The van der Waals surface area contributed by atoms with Gasteiger partial charge in [-0.25, -0.2) is 0 Å². The van der Waals surface area contributed by atoms with E-state index in [1.165, 1.54) is 11.3 Å². The van der Waals surface area contributed by atoms with Crippen LogP contribution in [0.5, 0.6) is 0 Å². The van der Waals surface area contributed by atoms with Crippen LogP contribution in [0.3, 0.4) is 0 Å². The molecule has 0 atom stereocenters. The number of para-hydroxylation sites is 1. The maximum atomic E-state index is 5.05. The summed E-state index contributed by atoms with van der Waals surface area (Å²) in [6, 6.07) is 12.3. The third-order valence-electron chi connectivity index (χ3n) is 2.63. The zero-order valence-corrected chi connectivity index (χ0v) is 10.1. The molecule has 2 aromatic rings. The summed E-state index contributed by atoms with van der Waals surface area (Å²) >= 11 is 0. The van der Waals surface area contributed by atoms with Crippen molar-refractivity contribution in [3.05, 3.63) is 54.5 Å². The number of hydrogen-bond acceptors (Lipinski definition) is 3. The number of furan rings is 1. The van der Waals surface area contributed by atoms with E-state index in [0.29, 0.717) is 0 Å². The summed E-state index contributed by atoms with van der Waals surface area (Å²) in [5.74, 6) is 0. The molecule has 0 bridgehead atoms. The Morgan fingerprint density at radius 1 is 1.18 bits per heavy atom. The van der Waals surface area contributed by atoms with Gasteiger partial charge in [-0.15, -0.1) is 0 Å². The van der Waals surface area contributed by atoms with E-state index in [2.05, 4.69) is 29.4 Å². The lowest BCUT2D eigenvalue weighted by molar-refractivity contribution is 0.338. The monoisotopic (exact) mass is 230 g/mol. The minimum atomic E-state index is 0.924. The fourth-order valence-electron chi connectivity index (χ4n) is 1.72. The van der Waals surface area contributed by atoms with Gasteiger partial charge in [0.05, 0.1) is 12.5 Å². The number of anilines is 1. The Morgan fingerprint density at radius 2 is 2.00 bits per heavy atom. The first-order chi connectivity index (χ1) is 8.34. The maximum Gasteiger partial charge on any atom is 0.0947 e. The van der Waals surface area contributed by atoms with E-state index in [4.69, 9.17) is 4.42 Å². The van der Waals surface area contributed by atoms with Gasteiger partial charge in [-0.05, 0) is 25.2 Å². The molecule has 0 aliphatic rings. The molecule has 0 saturated carbocycles. The van der Waals surface area contributed by atoms with Crippen LogP contribution in [0.25, 0.3) is 0 Å². The molecule has 2 rings (SSSR count). The third kappa shape index (κ3) is 3.96. The molecule has 1 N–H and O–H groups in total. The van der Waals surface area contributed by atoms with Crippen LogP contribution in [0.4, 0.5) is 5.69 Å². The van der Waals surface area contributed by atoms with Gasteiger partial charge in [-0.3, -0.25) is 0 Å². The van der Waals surface area contributed by atoms with Gasteiger partial charge in [-0.1, -0.05) is 18.2 Å². The quantitative estimate of drug-likeness (QED) is 0.827. The summed E-state index contributed by atoms with van der Waals surface area (Å²) in [6.07, 6.45) is 3.51. The minimum Gasteiger partial charge on any atom is -0.472 e. The number of nitrogens with one attached hydrogen (secondary N) is 1. The van der Waals surface area contributed by atoms with Crippen molar-refractivity contribution in [3.63, 3.8) is 0 Å². The third-order valence-corrected chi connectivity index (χ3v) is 2.63. The molecule has 3 heteroatoms. The van der Waals surface area contributed by atoms with Crippen molar-refractivity contribution < 1.29 is 4.42 Å². The lowest BCUT2D eigenvalue weighted by atomic mass is 10.3. The van der Waals surface area contributed by atoms with Crippen LogP contribution in [0.15, 0.2) is 53.3 Å². The van der Waals surface area contributed by atoms with Crippen LogP contribution in [0.2, 0.25) is 0 Å². The average molecular weight is 230 g/mol. The molecule has 0 aliphatic heterocycles. The van der Waals surface area contributed by atoms with Crippen molar-refractivity contribution >= 4 is 5.69 Å². The topological polar surface area (TPSA) is 28.4 Å². The fraction of sp³-hybridized carbons (Fsp3) is 0.286. The van der Waals surface area contributed by atoms with Gasteiger partial charge < -0.3 is 14.6 Å². The second kappa shape index (κ2) is 6.11. The van der Waals surface area contributed by atoms with Crippen LogP contribution >= 0.6 is 0 Å². The lowest BCUT2D eigenvalue weighted by Crippen LogP contribution is -2.24. The number of hydrogen-bond donors (Lipinski definition) is 1. The van der Waals surface area contributed by atoms with Crippen LogP contribution in [0.1, 0.15) is 5.56 Å². The van der Waals surface area contributed by atoms with Crippen molar-refractivity contribution in [1.82, 2.24) is 4.90 Å². The molecule has 1 heterocycles. The molecule has 0 spiro atoms. The Kier molecular flexibility index (Phi) is 4.22. The van der Waals surface area contributed by atoms with Crippen molar-refractivity contribution in [2.45, 2.75) is 6.54 Å². The smallest absolute Gasteiger partial charge is 0.0947 e. The van der Waals surface area contributed by atoms with E-state index >= 15 is 0 Å². The molecular formula is C14H18N2O. The van der Waals surface area contributed by atoms with Crippen LogP contribution in [0, 0.1) is 0 Å². The Morgan fingerprint density at radius 3 is 2.71 bits per heavy atom. The number of likely N-dealkylation sites (N-methyl/N-ethyl adjacent to an activating group) is 1. The van der Waals surface area contributed by atoms with Gasteiger partial charge in [-0.2, -0.15) is 0 Å². The summed E-state index contributed by atoms with van der Waals surface area (Å²) in [4.78, 5) is 2.26. The molecule has 1 aromatic carbocycles. The van der Waals surface area contributed by atoms with Crippen molar-refractivity contribution in [2.75, 3.05) is 25.5 Å². The van der Waals surface area contributed by atoms with Crippen molar-refractivity contribution in [2.24, 2.45) is 0 Å². The first-order valence-corrected chi connectivity index (χ1v) is 5.83. The second-order valence-corrected chi connectivity index (χ2v) is 4.16. The highest BCUT2D eigenvalue weighted by Crippen LogP contribution is 2.05. The molecule has 3 nitrogen and oxygen atoms in total. The zero-order valence-electron chi connectivity index (χ0n) is 10.1. The first-order valence-electron chi connectivity index (χ1n) is 5.83. The molecule has 0 amide bonds. The van der Waals surface area contributed by atoms with Gasteiger partial charge in [0, 0.05) is 30.9 Å². The van der Waals surface area contributed by atoms with Gasteiger partial charge in [0.25, 0.3) is 0 Å². The molecule has 0 saturated heterocycles. The van der Waals surface area contributed by atoms with Gasteiger partial charge >= 0.3 is 0 Å². The normalized spacial score (nSPS) is 10.7. The summed E-state index contributed by atoms with van der Waals surface area (Å²) in [5, 5.41) is 3.39. The molecular weight excluding hydrogens is 212 g/mol. The second-order valence-electron chi connectivity index (χ2n) is 4.16. The van der Waals surface area contributed by atoms with E-state index in [-0.39, 0.29) is 0 Å². The minimum absolute atomic E-state index is 0.924. The summed E-state index contributed by atoms with van der Waals surface area (Å²) < 4.78 is 5.05. The molecule has 0 fully saturated rings. The molecule has 17 heavy (non-hydrogen) atoms. The van der Waals surface area contributed by atoms with Crippen LogP contribution < -0.4 is 5.32 Å². The molecule has 1 aromatic heterocycles. The van der Waals surface area contributed by atoms with Crippen molar-refractivity contribution in [3.8, 4) is 0 Å². The van der Waals surface area contributed by atoms with Gasteiger partial charge in [0.1, 0.15) is 0 Å². The molecule has 0 aliphatic carbocycles. The highest BCUT2D eigenvalue weighted by atomic mass is 16.3. The number of nitrogens with zero attached hydrogens (tertiary/aromatic N) is 1. The Labute approximate surface area is 102 Å². The van der Waals surface area contributed by atoms with E-state index < -0.39 is 0 Å². The number of rotatable bonds is 6. The largest absolute Gasteiger partial charge is 0.472 e.